The molecule has 2 atom stereocenters. The standard InChI is InChI=1S/C33H34FN7O3/c1-21-14-30-36-17-25(18-41(30)37-21)24-11-12-28-27(15-24)32(22(2)42)38-40(28)20-31(43)39-19-26(34)16-29(39)33(44)35-13-7-6-10-23-8-4-3-5-9-23/h3-5,8-9,11-12,14-15,17-18,26,29H,6-7,10,13,16,19-20H2,1-2H3,(H,35,44)/t26-,29+/m1/s1. The van der Waals surface area contributed by atoms with Gasteiger partial charge in [0.05, 0.1) is 17.8 Å². The summed E-state index contributed by atoms with van der Waals surface area (Å²) in [6.45, 7) is 3.40. The van der Waals surface area contributed by atoms with Crippen LogP contribution in [0.15, 0.2) is 67.0 Å². The van der Waals surface area contributed by atoms with Gasteiger partial charge in [-0.3, -0.25) is 19.1 Å². The number of unbranched alkanes of at least 4 members (excludes halogenated alkanes) is 1. The molecule has 44 heavy (non-hydrogen) atoms. The van der Waals surface area contributed by atoms with E-state index in [0.29, 0.717) is 17.4 Å². The fraction of sp³-hybridized carbons (Fsp3) is 0.333. The third kappa shape index (κ3) is 6.08. The van der Waals surface area contributed by atoms with Crippen LogP contribution in [-0.4, -0.2) is 72.2 Å². The molecule has 0 radical (unpaired) electrons. The number of alkyl halides is 1. The highest BCUT2D eigenvalue weighted by molar-refractivity contribution is 6.06. The molecule has 1 aliphatic rings. The first kappa shape index (κ1) is 29.2. The zero-order valence-corrected chi connectivity index (χ0v) is 24.7. The van der Waals surface area contributed by atoms with Crippen LogP contribution in [0.5, 0.6) is 0 Å². The number of rotatable bonds is 10. The molecule has 226 valence electrons. The maximum absolute atomic E-state index is 14.5. The smallest absolute Gasteiger partial charge is 0.245 e. The molecule has 0 unspecified atom stereocenters. The van der Waals surface area contributed by atoms with Gasteiger partial charge in [0.25, 0.3) is 0 Å². The third-order valence-electron chi connectivity index (χ3n) is 8.05. The van der Waals surface area contributed by atoms with Crippen LogP contribution in [0.1, 0.15) is 47.9 Å². The van der Waals surface area contributed by atoms with Crippen molar-refractivity contribution in [3.8, 4) is 11.1 Å². The second-order valence-electron chi connectivity index (χ2n) is 11.4. The quantitative estimate of drug-likeness (QED) is 0.190. The van der Waals surface area contributed by atoms with Crippen LogP contribution in [0.3, 0.4) is 0 Å². The van der Waals surface area contributed by atoms with Crippen LogP contribution in [0.25, 0.3) is 27.7 Å². The highest BCUT2D eigenvalue weighted by Crippen LogP contribution is 2.28. The Morgan fingerprint density at radius 3 is 2.64 bits per heavy atom. The number of aromatic nitrogens is 5. The molecule has 1 N–H and O–H groups in total. The van der Waals surface area contributed by atoms with Crippen molar-refractivity contribution in [2.24, 2.45) is 0 Å². The number of likely N-dealkylation sites (tertiary alicyclic amines) is 1. The summed E-state index contributed by atoms with van der Waals surface area (Å²) < 4.78 is 17.7. The molecule has 2 amide bonds. The van der Waals surface area contributed by atoms with Gasteiger partial charge >= 0.3 is 0 Å². The van der Waals surface area contributed by atoms with Crippen molar-refractivity contribution in [1.29, 1.82) is 0 Å². The first-order valence-corrected chi connectivity index (χ1v) is 14.9. The lowest BCUT2D eigenvalue weighted by molar-refractivity contribution is -0.139. The van der Waals surface area contributed by atoms with Gasteiger partial charge in [0, 0.05) is 49.3 Å². The number of Topliss-reactive ketones (excluding diaryl/α,β-unsaturated/α-hetero) is 1. The van der Waals surface area contributed by atoms with Crippen LogP contribution >= 0.6 is 0 Å². The van der Waals surface area contributed by atoms with E-state index >= 15 is 0 Å². The minimum absolute atomic E-state index is 0.0440. The van der Waals surface area contributed by atoms with Gasteiger partial charge < -0.3 is 10.2 Å². The highest BCUT2D eigenvalue weighted by atomic mass is 19.1. The number of halogens is 1. The molecule has 1 aliphatic heterocycles. The topological polar surface area (TPSA) is 114 Å². The zero-order chi connectivity index (χ0) is 30.8. The summed E-state index contributed by atoms with van der Waals surface area (Å²) >= 11 is 0. The van der Waals surface area contributed by atoms with Gasteiger partial charge in [0.1, 0.15) is 24.5 Å². The molecule has 0 aliphatic carbocycles. The first-order valence-electron chi connectivity index (χ1n) is 14.9. The number of ketones is 1. The number of benzene rings is 2. The Balaban J connectivity index is 1.15. The maximum Gasteiger partial charge on any atom is 0.245 e. The molecule has 4 heterocycles. The molecule has 11 heteroatoms. The third-order valence-corrected chi connectivity index (χ3v) is 8.05. The maximum atomic E-state index is 14.5. The predicted octanol–water partition coefficient (Wildman–Crippen LogP) is 4.34. The largest absolute Gasteiger partial charge is 0.354 e. The summed E-state index contributed by atoms with van der Waals surface area (Å²) in [5.74, 6) is -1.03. The van der Waals surface area contributed by atoms with Crippen LogP contribution in [-0.2, 0) is 22.6 Å². The van der Waals surface area contributed by atoms with E-state index in [1.807, 2.05) is 49.5 Å². The number of nitrogens with one attached hydrogen (secondary N) is 1. The predicted molar refractivity (Wildman–Crippen MR) is 164 cm³/mol. The Labute approximate surface area is 253 Å². The van der Waals surface area contributed by atoms with Crippen molar-refractivity contribution in [1.82, 2.24) is 34.6 Å². The van der Waals surface area contributed by atoms with E-state index in [0.717, 1.165) is 41.7 Å². The molecule has 3 aromatic heterocycles. The average molecular weight is 596 g/mol. The lowest BCUT2D eigenvalue weighted by atomic mass is 10.0. The monoisotopic (exact) mass is 595 g/mol. The fourth-order valence-corrected chi connectivity index (χ4v) is 5.84. The SMILES string of the molecule is CC(=O)c1nn(CC(=O)N2C[C@H](F)C[C@H]2C(=O)NCCCCc2ccccc2)c2ccc(-c3cnc4cc(C)nn4c3)cc12. The van der Waals surface area contributed by atoms with Crippen LogP contribution in [0, 0.1) is 6.92 Å². The van der Waals surface area contributed by atoms with E-state index in [1.165, 1.54) is 22.1 Å². The van der Waals surface area contributed by atoms with E-state index in [1.54, 1.807) is 16.8 Å². The minimum atomic E-state index is -1.29. The number of carbonyl (C=O) groups excluding carboxylic acids is 3. The minimum Gasteiger partial charge on any atom is -0.354 e. The summed E-state index contributed by atoms with van der Waals surface area (Å²) in [6, 6.07) is 16.6. The summed E-state index contributed by atoms with van der Waals surface area (Å²) in [7, 11) is 0. The van der Waals surface area contributed by atoms with Crippen molar-refractivity contribution in [2.75, 3.05) is 13.1 Å². The molecule has 1 fully saturated rings. The molecule has 10 nitrogen and oxygen atoms in total. The summed E-state index contributed by atoms with van der Waals surface area (Å²) in [5, 5.41) is 12.4. The Kier molecular flexibility index (Phi) is 8.19. The van der Waals surface area contributed by atoms with Crippen LogP contribution in [0.2, 0.25) is 0 Å². The lowest BCUT2D eigenvalue weighted by Gasteiger charge is -2.23. The van der Waals surface area contributed by atoms with Crippen molar-refractivity contribution in [3.05, 3.63) is 83.9 Å². The summed E-state index contributed by atoms with van der Waals surface area (Å²) in [5.41, 5.74) is 5.26. The molecule has 0 bridgehead atoms. The van der Waals surface area contributed by atoms with Gasteiger partial charge in [0.2, 0.25) is 11.8 Å². The van der Waals surface area contributed by atoms with E-state index < -0.39 is 18.1 Å². The van der Waals surface area contributed by atoms with Crippen molar-refractivity contribution in [2.45, 2.75) is 58.3 Å². The fourth-order valence-electron chi connectivity index (χ4n) is 5.84. The van der Waals surface area contributed by atoms with Gasteiger partial charge in [-0.25, -0.2) is 13.9 Å². The molecule has 1 saturated heterocycles. The number of hydrogen-bond acceptors (Lipinski definition) is 6. The number of aryl methyl sites for hydroxylation is 2. The number of fused-ring (bicyclic) bond motifs is 2. The van der Waals surface area contributed by atoms with E-state index in [2.05, 4.69) is 32.6 Å². The second-order valence-corrected chi connectivity index (χ2v) is 11.4. The number of nitrogens with zero attached hydrogens (tertiary/aromatic N) is 6. The van der Waals surface area contributed by atoms with Gasteiger partial charge in [-0.15, -0.1) is 0 Å². The van der Waals surface area contributed by atoms with Crippen molar-refractivity contribution < 1.29 is 18.8 Å². The van der Waals surface area contributed by atoms with Gasteiger partial charge in [-0.05, 0) is 49.4 Å². The van der Waals surface area contributed by atoms with E-state index in [-0.39, 0.29) is 36.9 Å². The van der Waals surface area contributed by atoms with Crippen molar-refractivity contribution in [3.63, 3.8) is 0 Å². The van der Waals surface area contributed by atoms with Crippen LogP contribution < -0.4 is 5.32 Å². The molecule has 2 aromatic carbocycles. The second kappa shape index (κ2) is 12.4. The molecular weight excluding hydrogens is 561 g/mol. The van der Waals surface area contributed by atoms with Crippen LogP contribution in [0.4, 0.5) is 4.39 Å². The zero-order valence-electron chi connectivity index (χ0n) is 24.7. The number of amides is 2. The number of carbonyl (C=O) groups is 3. The Bertz CT molecular complexity index is 1850. The molecular formula is C33H34FN7O3. The van der Waals surface area contributed by atoms with Crippen molar-refractivity contribution >= 4 is 34.1 Å². The van der Waals surface area contributed by atoms with Gasteiger partial charge in [-0.1, -0.05) is 36.4 Å². The lowest BCUT2D eigenvalue weighted by Crippen LogP contribution is -2.47. The first-order chi connectivity index (χ1) is 21.3. The highest BCUT2D eigenvalue weighted by Gasteiger charge is 2.39. The summed E-state index contributed by atoms with van der Waals surface area (Å²) in [4.78, 5) is 44.8. The molecule has 0 saturated carbocycles. The molecule has 6 rings (SSSR count). The molecule has 5 aromatic rings. The molecule has 0 spiro atoms. The van der Waals surface area contributed by atoms with E-state index in [4.69, 9.17) is 0 Å². The van der Waals surface area contributed by atoms with E-state index in [9.17, 15) is 18.8 Å². The summed E-state index contributed by atoms with van der Waals surface area (Å²) in [6.07, 6.45) is 4.88. The van der Waals surface area contributed by atoms with Gasteiger partial charge in [-0.2, -0.15) is 10.2 Å². The van der Waals surface area contributed by atoms with Gasteiger partial charge in [0.15, 0.2) is 11.4 Å². The average Bonchev–Trinajstić information content (AvgIpc) is 3.70. The normalized spacial score (nSPS) is 16.6. The Morgan fingerprint density at radius 2 is 1.84 bits per heavy atom. The Hall–Kier alpha value is -4.93. The Morgan fingerprint density at radius 1 is 1.02 bits per heavy atom. The number of hydrogen-bond donors (Lipinski definition) is 1.